The summed E-state index contributed by atoms with van der Waals surface area (Å²) >= 11 is 1.40. The van der Waals surface area contributed by atoms with Gasteiger partial charge in [-0.05, 0) is 71.0 Å². The van der Waals surface area contributed by atoms with Crippen molar-refractivity contribution in [3.63, 3.8) is 0 Å². The van der Waals surface area contributed by atoms with E-state index in [0.717, 1.165) is 35.7 Å². The highest BCUT2D eigenvalue weighted by molar-refractivity contribution is 8.00. The van der Waals surface area contributed by atoms with Gasteiger partial charge in [-0.15, -0.1) is 10.2 Å². The Morgan fingerprint density at radius 3 is 2.23 bits per heavy atom. The Labute approximate surface area is 212 Å². The zero-order valence-corrected chi connectivity index (χ0v) is 22.0. The van der Waals surface area contributed by atoms with E-state index in [9.17, 15) is 4.79 Å². The average molecular weight is 491 g/mol. The van der Waals surface area contributed by atoms with E-state index < -0.39 is 0 Å². The predicted molar refractivity (Wildman–Crippen MR) is 144 cm³/mol. The standard InChI is InChI=1S/C27H34N6OS/c1-6-31(7-2)23-16-12-22(13-17-23)25-29-30-27(32(25)8-3)35-21(5)26(34)33(19-9-18-28)24-14-10-20(4)11-15-24/h10-17,21H,6-9,19H2,1-5H3. The van der Waals surface area contributed by atoms with E-state index in [0.29, 0.717) is 18.2 Å². The lowest BCUT2D eigenvalue weighted by atomic mass is 10.2. The fraction of sp³-hybridized carbons (Fsp3) is 0.407. The Kier molecular flexibility index (Phi) is 9.32. The van der Waals surface area contributed by atoms with Crippen molar-refractivity contribution in [2.45, 2.75) is 58.0 Å². The number of nitriles is 1. The van der Waals surface area contributed by atoms with E-state index in [1.807, 2.05) is 42.7 Å². The molecule has 0 aliphatic heterocycles. The molecule has 0 radical (unpaired) electrons. The molecule has 8 heteroatoms. The maximum absolute atomic E-state index is 13.4. The molecule has 7 nitrogen and oxygen atoms in total. The van der Waals surface area contributed by atoms with Crippen molar-refractivity contribution in [1.82, 2.24) is 14.8 Å². The molecule has 0 bridgehead atoms. The third-order valence-electron chi connectivity index (χ3n) is 5.98. The Bertz CT molecular complexity index is 1150. The number of amides is 1. The van der Waals surface area contributed by atoms with Crippen LogP contribution in [0.25, 0.3) is 11.4 Å². The van der Waals surface area contributed by atoms with Gasteiger partial charge < -0.3 is 14.4 Å². The molecule has 0 spiro atoms. The Balaban J connectivity index is 1.81. The molecule has 1 heterocycles. The molecule has 3 rings (SSSR count). The normalized spacial score (nSPS) is 11.7. The van der Waals surface area contributed by atoms with Gasteiger partial charge >= 0.3 is 0 Å². The average Bonchev–Trinajstić information content (AvgIpc) is 3.28. The SMILES string of the molecule is CCN(CC)c1ccc(-c2nnc(SC(C)C(=O)N(CCC#N)c3ccc(C)cc3)n2CC)cc1. The third-order valence-corrected chi connectivity index (χ3v) is 7.04. The summed E-state index contributed by atoms with van der Waals surface area (Å²) in [5.74, 6) is 0.741. The van der Waals surface area contributed by atoms with Gasteiger partial charge in [0.15, 0.2) is 11.0 Å². The summed E-state index contributed by atoms with van der Waals surface area (Å²) in [6.07, 6.45) is 0.274. The summed E-state index contributed by atoms with van der Waals surface area (Å²) in [5.41, 5.74) is 4.10. The molecular formula is C27H34N6OS. The Morgan fingerprint density at radius 2 is 1.66 bits per heavy atom. The number of aromatic nitrogens is 3. The van der Waals surface area contributed by atoms with Crippen molar-refractivity contribution < 1.29 is 4.79 Å². The molecule has 1 amide bonds. The highest BCUT2D eigenvalue weighted by atomic mass is 32.2. The number of hydrogen-bond donors (Lipinski definition) is 0. The summed E-state index contributed by atoms with van der Waals surface area (Å²) in [5, 5.41) is 18.3. The van der Waals surface area contributed by atoms with Crippen LogP contribution >= 0.6 is 11.8 Å². The van der Waals surface area contributed by atoms with E-state index in [4.69, 9.17) is 5.26 Å². The minimum atomic E-state index is -0.387. The minimum absolute atomic E-state index is 0.0510. The van der Waals surface area contributed by atoms with Crippen LogP contribution in [0.3, 0.4) is 0 Å². The van der Waals surface area contributed by atoms with Crippen molar-refractivity contribution in [3.05, 3.63) is 54.1 Å². The van der Waals surface area contributed by atoms with E-state index in [1.165, 1.54) is 17.4 Å². The number of anilines is 2. The first-order valence-electron chi connectivity index (χ1n) is 12.1. The van der Waals surface area contributed by atoms with E-state index in [2.05, 4.69) is 66.2 Å². The molecule has 0 saturated heterocycles. The van der Waals surface area contributed by atoms with Crippen LogP contribution in [-0.2, 0) is 11.3 Å². The molecule has 2 aromatic carbocycles. The lowest BCUT2D eigenvalue weighted by Crippen LogP contribution is -2.37. The number of thioether (sulfide) groups is 1. The molecule has 184 valence electrons. The molecule has 0 aliphatic rings. The first-order chi connectivity index (χ1) is 16.9. The van der Waals surface area contributed by atoms with Crippen molar-refractivity contribution in [2.75, 3.05) is 29.4 Å². The zero-order chi connectivity index (χ0) is 25.4. The number of carbonyl (C=O) groups is 1. The molecule has 0 fully saturated rings. The number of rotatable bonds is 11. The minimum Gasteiger partial charge on any atom is -0.372 e. The van der Waals surface area contributed by atoms with E-state index >= 15 is 0 Å². The van der Waals surface area contributed by atoms with Crippen molar-refractivity contribution >= 4 is 29.0 Å². The smallest absolute Gasteiger partial charge is 0.240 e. The second kappa shape index (κ2) is 12.4. The van der Waals surface area contributed by atoms with Gasteiger partial charge in [-0.3, -0.25) is 4.79 Å². The fourth-order valence-corrected chi connectivity index (χ4v) is 4.94. The number of carbonyl (C=O) groups excluding carboxylic acids is 1. The highest BCUT2D eigenvalue weighted by Gasteiger charge is 2.25. The number of benzene rings is 2. The van der Waals surface area contributed by atoms with Gasteiger partial charge in [0, 0.05) is 43.1 Å². The van der Waals surface area contributed by atoms with Crippen LogP contribution < -0.4 is 9.80 Å². The van der Waals surface area contributed by atoms with Crippen LogP contribution in [0.2, 0.25) is 0 Å². The van der Waals surface area contributed by atoms with E-state index in [-0.39, 0.29) is 17.6 Å². The first-order valence-corrected chi connectivity index (χ1v) is 13.0. The van der Waals surface area contributed by atoms with Gasteiger partial charge in [-0.1, -0.05) is 29.5 Å². The molecule has 0 saturated carbocycles. The van der Waals surface area contributed by atoms with Gasteiger partial charge in [-0.25, -0.2) is 0 Å². The molecule has 0 N–H and O–H groups in total. The van der Waals surface area contributed by atoms with Crippen molar-refractivity contribution in [3.8, 4) is 17.5 Å². The lowest BCUT2D eigenvalue weighted by Gasteiger charge is -2.25. The third kappa shape index (κ3) is 6.23. The van der Waals surface area contributed by atoms with Gasteiger partial charge in [0.1, 0.15) is 0 Å². The largest absolute Gasteiger partial charge is 0.372 e. The van der Waals surface area contributed by atoms with Crippen LogP contribution in [0, 0.1) is 18.3 Å². The molecule has 1 unspecified atom stereocenters. The maximum Gasteiger partial charge on any atom is 0.240 e. The lowest BCUT2D eigenvalue weighted by molar-refractivity contribution is -0.117. The summed E-state index contributed by atoms with van der Waals surface area (Å²) in [6.45, 7) is 13.2. The van der Waals surface area contributed by atoms with Crippen LogP contribution in [0.4, 0.5) is 11.4 Å². The molecule has 3 aromatic rings. The highest BCUT2D eigenvalue weighted by Crippen LogP contribution is 2.30. The quantitative estimate of drug-likeness (QED) is 0.328. The number of aryl methyl sites for hydroxylation is 1. The molecule has 1 aromatic heterocycles. The molecule has 1 atom stereocenters. The molecule has 0 aliphatic carbocycles. The van der Waals surface area contributed by atoms with Gasteiger partial charge in [0.05, 0.1) is 17.7 Å². The van der Waals surface area contributed by atoms with Crippen LogP contribution in [0.15, 0.2) is 53.7 Å². The maximum atomic E-state index is 13.4. The Hall–Kier alpha value is -3.31. The summed E-state index contributed by atoms with van der Waals surface area (Å²) in [4.78, 5) is 17.4. The number of nitrogens with zero attached hydrogens (tertiary/aromatic N) is 6. The monoisotopic (exact) mass is 490 g/mol. The van der Waals surface area contributed by atoms with Gasteiger partial charge in [0.25, 0.3) is 0 Å². The fourth-order valence-electron chi connectivity index (χ4n) is 3.97. The molecular weight excluding hydrogens is 456 g/mol. The van der Waals surface area contributed by atoms with Gasteiger partial charge in [0.2, 0.25) is 5.91 Å². The van der Waals surface area contributed by atoms with E-state index in [1.54, 1.807) is 4.90 Å². The predicted octanol–water partition coefficient (Wildman–Crippen LogP) is 5.55. The summed E-state index contributed by atoms with van der Waals surface area (Å²) in [7, 11) is 0. The van der Waals surface area contributed by atoms with Gasteiger partial charge in [-0.2, -0.15) is 5.26 Å². The van der Waals surface area contributed by atoms with Crippen LogP contribution in [-0.4, -0.2) is 45.6 Å². The second-order valence-electron chi connectivity index (χ2n) is 8.26. The first kappa shape index (κ1) is 26.3. The molecule has 35 heavy (non-hydrogen) atoms. The van der Waals surface area contributed by atoms with Crippen LogP contribution in [0.1, 0.15) is 39.7 Å². The summed E-state index contributed by atoms with van der Waals surface area (Å²) < 4.78 is 2.05. The van der Waals surface area contributed by atoms with Crippen molar-refractivity contribution in [1.29, 1.82) is 5.26 Å². The topological polar surface area (TPSA) is 78.1 Å². The Morgan fingerprint density at radius 1 is 1.03 bits per heavy atom. The van der Waals surface area contributed by atoms with Crippen LogP contribution in [0.5, 0.6) is 0 Å². The van der Waals surface area contributed by atoms with Crippen molar-refractivity contribution in [2.24, 2.45) is 0 Å². The zero-order valence-electron chi connectivity index (χ0n) is 21.2. The number of hydrogen-bond acceptors (Lipinski definition) is 6. The summed E-state index contributed by atoms with van der Waals surface area (Å²) in [6, 6.07) is 18.3. The second-order valence-corrected chi connectivity index (χ2v) is 9.57.